The van der Waals surface area contributed by atoms with E-state index in [1.165, 1.54) is 7.11 Å². The third kappa shape index (κ3) is 2.24. The Morgan fingerprint density at radius 2 is 1.67 bits per heavy atom. The largest absolute Gasteiger partial charge is 0.469 e. The van der Waals surface area contributed by atoms with E-state index in [2.05, 4.69) is 0 Å². The van der Waals surface area contributed by atoms with Gasteiger partial charge in [0.25, 0.3) is 0 Å². The van der Waals surface area contributed by atoms with Crippen molar-refractivity contribution in [2.24, 2.45) is 5.92 Å². The van der Waals surface area contributed by atoms with Gasteiger partial charge in [0.2, 0.25) is 0 Å². The molecule has 0 radical (unpaired) electrons. The van der Waals surface area contributed by atoms with Crippen molar-refractivity contribution in [3.8, 4) is 0 Å². The maximum Gasteiger partial charge on any atom is 0.309 e. The average Bonchev–Trinajstić information content (AvgIpc) is 2.53. The lowest BCUT2D eigenvalue weighted by Gasteiger charge is -2.51. The van der Waals surface area contributed by atoms with Gasteiger partial charge in [-0.1, -0.05) is 60.7 Å². The van der Waals surface area contributed by atoms with Gasteiger partial charge in [0, 0.05) is 5.92 Å². The van der Waals surface area contributed by atoms with Crippen LogP contribution in [0.15, 0.2) is 60.7 Å². The highest BCUT2D eigenvalue weighted by Crippen LogP contribution is 2.56. The SMILES string of the molecule is COC(=O)[C@H]1C[C@](O)(c2ccccc2)[C@@H]1c1ccccc1. The van der Waals surface area contributed by atoms with Crippen LogP contribution in [0.1, 0.15) is 23.5 Å². The standard InChI is InChI=1S/C18H18O3/c1-21-17(19)15-12-18(20,14-10-6-3-7-11-14)16(15)13-8-4-2-5-9-13/h2-11,15-16,20H,12H2,1H3/t15-,16+,18-/m0/s1. The highest BCUT2D eigenvalue weighted by Gasteiger charge is 2.57. The van der Waals surface area contributed by atoms with Crippen LogP contribution in [-0.2, 0) is 15.1 Å². The van der Waals surface area contributed by atoms with Crippen LogP contribution in [0.2, 0.25) is 0 Å². The van der Waals surface area contributed by atoms with Crippen molar-refractivity contribution in [1.82, 2.24) is 0 Å². The van der Waals surface area contributed by atoms with Gasteiger partial charge in [0.15, 0.2) is 0 Å². The molecule has 0 unspecified atom stereocenters. The predicted octanol–water partition coefficient (Wildman–Crippen LogP) is 2.85. The van der Waals surface area contributed by atoms with Gasteiger partial charge in [-0.25, -0.2) is 0 Å². The summed E-state index contributed by atoms with van der Waals surface area (Å²) < 4.78 is 4.89. The number of rotatable bonds is 3. The smallest absolute Gasteiger partial charge is 0.309 e. The third-order valence-corrected chi connectivity index (χ3v) is 4.38. The quantitative estimate of drug-likeness (QED) is 0.881. The van der Waals surface area contributed by atoms with Crippen LogP contribution >= 0.6 is 0 Å². The molecule has 1 fully saturated rings. The zero-order valence-corrected chi connectivity index (χ0v) is 11.9. The number of hydrogen-bond acceptors (Lipinski definition) is 3. The minimum atomic E-state index is -1.01. The molecule has 108 valence electrons. The maximum atomic E-state index is 12.0. The Labute approximate surface area is 124 Å². The molecule has 0 aliphatic heterocycles. The fraction of sp³-hybridized carbons (Fsp3) is 0.278. The monoisotopic (exact) mass is 282 g/mol. The van der Waals surface area contributed by atoms with Gasteiger partial charge in [-0.05, 0) is 17.5 Å². The van der Waals surface area contributed by atoms with Gasteiger partial charge in [-0.3, -0.25) is 4.79 Å². The summed E-state index contributed by atoms with van der Waals surface area (Å²) in [5.41, 5.74) is 0.797. The molecule has 3 heteroatoms. The molecule has 2 aromatic rings. The molecule has 1 aliphatic carbocycles. The van der Waals surface area contributed by atoms with E-state index in [0.29, 0.717) is 6.42 Å². The first-order valence-electron chi connectivity index (χ1n) is 7.07. The number of ether oxygens (including phenoxy) is 1. The number of methoxy groups -OCH3 is 1. The van der Waals surface area contributed by atoms with Crippen LogP contribution in [0.3, 0.4) is 0 Å². The molecule has 3 atom stereocenters. The molecule has 0 amide bonds. The molecule has 0 spiro atoms. The number of esters is 1. The summed E-state index contributed by atoms with van der Waals surface area (Å²) in [6.45, 7) is 0. The molecule has 0 saturated heterocycles. The minimum Gasteiger partial charge on any atom is -0.469 e. The van der Waals surface area contributed by atoms with Crippen molar-refractivity contribution in [2.75, 3.05) is 7.11 Å². The van der Waals surface area contributed by atoms with Gasteiger partial charge in [-0.15, -0.1) is 0 Å². The highest BCUT2D eigenvalue weighted by atomic mass is 16.5. The Hall–Kier alpha value is -2.13. The molecule has 2 aromatic carbocycles. The lowest BCUT2D eigenvalue weighted by Crippen LogP contribution is -2.52. The molecule has 3 rings (SSSR count). The molecule has 1 saturated carbocycles. The van der Waals surface area contributed by atoms with E-state index < -0.39 is 5.60 Å². The van der Waals surface area contributed by atoms with Gasteiger partial charge < -0.3 is 9.84 Å². The molecular formula is C18H18O3. The molecule has 0 aromatic heterocycles. The van der Waals surface area contributed by atoms with E-state index in [1.54, 1.807) is 0 Å². The first kappa shape index (κ1) is 13.8. The number of benzene rings is 2. The van der Waals surface area contributed by atoms with Crippen LogP contribution < -0.4 is 0 Å². The molecule has 3 nitrogen and oxygen atoms in total. The molecular weight excluding hydrogens is 264 g/mol. The van der Waals surface area contributed by atoms with E-state index in [1.807, 2.05) is 60.7 Å². The summed E-state index contributed by atoms with van der Waals surface area (Å²) in [6, 6.07) is 19.2. The Kier molecular flexibility index (Phi) is 3.52. The number of aliphatic hydroxyl groups is 1. The lowest BCUT2D eigenvalue weighted by atomic mass is 9.56. The van der Waals surface area contributed by atoms with Gasteiger partial charge in [0.05, 0.1) is 18.6 Å². The second kappa shape index (κ2) is 5.34. The fourth-order valence-corrected chi connectivity index (χ4v) is 3.32. The van der Waals surface area contributed by atoms with E-state index in [9.17, 15) is 9.90 Å². The number of carbonyl (C=O) groups is 1. The van der Waals surface area contributed by atoms with Crippen molar-refractivity contribution in [2.45, 2.75) is 17.9 Å². The molecule has 21 heavy (non-hydrogen) atoms. The van der Waals surface area contributed by atoms with E-state index in [4.69, 9.17) is 4.74 Å². The van der Waals surface area contributed by atoms with Crippen molar-refractivity contribution in [1.29, 1.82) is 0 Å². The zero-order chi connectivity index (χ0) is 14.9. The Morgan fingerprint density at radius 3 is 2.24 bits per heavy atom. The molecule has 1 aliphatic rings. The van der Waals surface area contributed by atoms with Crippen molar-refractivity contribution in [3.63, 3.8) is 0 Å². The fourth-order valence-electron chi connectivity index (χ4n) is 3.32. The Balaban J connectivity index is 2.01. The summed E-state index contributed by atoms with van der Waals surface area (Å²) in [5.74, 6) is -0.833. The van der Waals surface area contributed by atoms with Crippen LogP contribution in [0.4, 0.5) is 0 Å². The second-order valence-electron chi connectivity index (χ2n) is 5.51. The summed E-state index contributed by atoms with van der Waals surface area (Å²) in [5, 5.41) is 11.1. The number of hydrogen-bond donors (Lipinski definition) is 1. The van der Waals surface area contributed by atoms with Crippen molar-refractivity contribution >= 4 is 5.97 Å². The van der Waals surface area contributed by atoms with Crippen LogP contribution in [0, 0.1) is 5.92 Å². The average molecular weight is 282 g/mol. The minimum absolute atomic E-state index is 0.260. The summed E-state index contributed by atoms with van der Waals surface area (Å²) >= 11 is 0. The van der Waals surface area contributed by atoms with Crippen molar-refractivity contribution < 1.29 is 14.6 Å². The maximum absolute atomic E-state index is 12.0. The first-order valence-corrected chi connectivity index (χ1v) is 7.07. The summed E-state index contributed by atoms with van der Waals surface area (Å²) in [4.78, 5) is 12.0. The molecule has 0 heterocycles. The number of carbonyl (C=O) groups excluding carboxylic acids is 1. The van der Waals surface area contributed by atoms with Gasteiger partial charge >= 0.3 is 5.97 Å². The molecule has 0 bridgehead atoms. The normalized spacial score (nSPS) is 27.7. The summed E-state index contributed by atoms with van der Waals surface area (Å²) in [6.07, 6.45) is 0.392. The highest BCUT2D eigenvalue weighted by molar-refractivity contribution is 5.76. The first-order chi connectivity index (χ1) is 10.2. The van der Waals surface area contributed by atoms with E-state index in [0.717, 1.165) is 11.1 Å². The van der Waals surface area contributed by atoms with Crippen LogP contribution in [-0.4, -0.2) is 18.2 Å². The topological polar surface area (TPSA) is 46.5 Å². The van der Waals surface area contributed by atoms with Gasteiger partial charge in [-0.2, -0.15) is 0 Å². The van der Waals surface area contributed by atoms with E-state index >= 15 is 0 Å². The Bertz CT molecular complexity index is 623. The predicted molar refractivity (Wildman–Crippen MR) is 79.6 cm³/mol. The van der Waals surface area contributed by atoms with Crippen molar-refractivity contribution in [3.05, 3.63) is 71.8 Å². The molecule has 1 N–H and O–H groups in total. The summed E-state index contributed by atoms with van der Waals surface area (Å²) in [7, 11) is 1.39. The zero-order valence-electron chi connectivity index (χ0n) is 11.9. The lowest BCUT2D eigenvalue weighted by molar-refractivity contribution is -0.169. The van der Waals surface area contributed by atoms with E-state index in [-0.39, 0.29) is 17.8 Å². The third-order valence-electron chi connectivity index (χ3n) is 4.38. The van der Waals surface area contributed by atoms with Crippen LogP contribution in [0.25, 0.3) is 0 Å². The van der Waals surface area contributed by atoms with Crippen LogP contribution in [0.5, 0.6) is 0 Å². The second-order valence-corrected chi connectivity index (χ2v) is 5.51. The Morgan fingerprint density at radius 1 is 1.10 bits per heavy atom. The van der Waals surface area contributed by atoms with Gasteiger partial charge in [0.1, 0.15) is 0 Å².